The van der Waals surface area contributed by atoms with E-state index in [9.17, 15) is 10.4 Å². The van der Waals surface area contributed by atoms with Crippen molar-refractivity contribution < 1.29 is 5.11 Å². The van der Waals surface area contributed by atoms with Crippen LogP contribution in [0.25, 0.3) is 10.9 Å². The normalized spacial score (nSPS) is 13.8. The molecule has 2 rings (SSSR count). The Morgan fingerprint density at radius 3 is 2.79 bits per heavy atom. The minimum atomic E-state index is -0.449. The first-order valence-electron chi connectivity index (χ1n) is 6.30. The number of fused-ring (bicyclic) bond motifs is 1. The van der Waals surface area contributed by atoms with Crippen molar-refractivity contribution in [1.82, 2.24) is 4.98 Å². The van der Waals surface area contributed by atoms with Crippen molar-refractivity contribution in [3.63, 3.8) is 0 Å². The van der Waals surface area contributed by atoms with Gasteiger partial charge in [-0.05, 0) is 19.4 Å². The lowest BCUT2D eigenvalue weighted by molar-refractivity contribution is 0.219. The molecular formula is C15H17N3O. The number of pyridine rings is 1. The predicted molar refractivity (Wildman–Crippen MR) is 75.9 cm³/mol. The number of aliphatic hydroxyl groups is 1. The molecule has 0 amide bonds. The summed E-state index contributed by atoms with van der Waals surface area (Å²) in [6.07, 6.45) is 2.32. The van der Waals surface area contributed by atoms with Gasteiger partial charge in [-0.15, -0.1) is 0 Å². The van der Waals surface area contributed by atoms with Gasteiger partial charge in [0.05, 0.1) is 28.9 Å². The van der Waals surface area contributed by atoms with Gasteiger partial charge in [0, 0.05) is 11.6 Å². The molecule has 0 saturated heterocycles. The van der Waals surface area contributed by atoms with Gasteiger partial charge in [-0.25, -0.2) is 0 Å². The van der Waals surface area contributed by atoms with E-state index in [0.29, 0.717) is 5.56 Å². The third-order valence-corrected chi connectivity index (χ3v) is 3.45. The van der Waals surface area contributed by atoms with E-state index in [0.717, 1.165) is 23.0 Å². The topological polar surface area (TPSA) is 68.9 Å². The van der Waals surface area contributed by atoms with Crippen molar-refractivity contribution in [2.45, 2.75) is 25.8 Å². The Kier molecular flexibility index (Phi) is 3.68. The minimum absolute atomic E-state index is 0.00498. The maximum Gasteiger partial charge on any atom is 0.103 e. The zero-order chi connectivity index (χ0) is 13.9. The molecule has 1 aromatic heterocycles. The van der Waals surface area contributed by atoms with Crippen LogP contribution in [0.15, 0.2) is 30.5 Å². The van der Waals surface area contributed by atoms with E-state index in [1.54, 1.807) is 6.20 Å². The lowest BCUT2D eigenvalue weighted by atomic mass is 9.98. The fourth-order valence-corrected chi connectivity index (χ4v) is 1.90. The largest absolute Gasteiger partial charge is 0.394 e. The van der Waals surface area contributed by atoms with Gasteiger partial charge in [-0.2, -0.15) is 5.26 Å². The van der Waals surface area contributed by atoms with Crippen LogP contribution in [0.4, 0.5) is 5.69 Å². The molecule has 0 spiro atoms. The highest BCUT2D eigenvalue weighted by Gasteiger charge is 2.23. The monoisotopic (exact) mass is 255 g/mol. The Labute approximate surface area is 112 Å². The van der Waals surface area contributed by atoms with E-state index in [1.807, 2.05) is 38.1 Å². The number of rotatable bonds is 4. The molecule has 2 N–H and O–H groups in total. The van der Waals surface area contributed by atoms with Gasteiger partial charge in [0.2, 0.25) is 0 Å². The summed E-state index contributed by atoms with van der Waals surface area (Å²) in [5, 5.41) is 23.0. The van der Waals surface area contributed by atoms with Gasteiger partial charge in [0.25, 0.3) is 0 Å². The zero-order valence-corrected chi connectivity index (χ0v) is 11.1. The zero-order valence-electron chi connectivity index (χ0n) is 11.1. The number of anilines is 1. The van der Waals surface area contributed by atoms with E-state index in [4.69, 9.17) is 0 Å². The van der Waals surface area contributed by atoms with Crippen LogP contribution >= 0.6 is 0 Å². The third kappa shape index (κ3) is 2.51. The second-order valence-corrected chi connectivity index (χ2v) is 4.87. The molecule has 2 aromatic rings. The average molecular weight is 255 g/mol. The van der Waals surface area contributed by atoms with Gasteiger partial charge in [-0.1, -0.05) is 25.1 Å². The van der Waals surface area contributed by atoms with Crippen molar-refractivity contribution in [2.75, 3.05) is 11.9 Å². The molecule has 4 heteroatoms. The summed E-state index contributed by atoms with van der Waals surface area (Å²) in [6.45, 7) is 3.94. The van der Waals surface area contributed by atoms with Gasteiger partial charge in [-0.3, -0.25) is 4.98 Å². The molecule has 0 bridgehead atoms. The molecule has 0 aliphatic carbocycles. The predicted octanol–water partition coefficient (Wildman–Crippen LogP) is 2.68. The van der Waals surface area contributed by atoms with Crippen LogP contribution in [0.1, 0.15) is 25.8 Å². The number of hydrogen-bond donors (Lipinski definition) is 2. The number of benzene rings is 1. The first kappa shape index (κ1) is 13.3. The van der Waals surface area contributed by atoms with Crippen LogP contribution in [-0.4, -0.2) is 22.2 Å². The van der Waals surface area contributed by atoms with Crippen molar-refractivity contribution in [1.29, 1.82) is 5.26 Å². The van der Waals surface area contributed by atoms with Crippen LogP contribution in [0, 0.1) is 11.3 Å². The van der Waals surface area contributed by atoms with Crippen LogP contribution < -0.4 is 5.32 Å². The highest BCUT2D eigenvalue weighted by atomic mass is 16.3. The fourth-order valence-electron chi connectivity index (χ4n) is 1.90. The lowest BCUT2D eigenvalue weighted by Crippen LogP contribution is -2.38. The molecule has 0 saturated carbocycles. The maximum atomic E-state index is 9.52. The summed E-state index contributed by atoms with van der Waals surface area (Å²) in [5.74, 6) is 0. The van der Waals surface area contributed by atoms with E-state index >= 15 is 0 Å². The van der Waals surface area contributed by atoms with Crippen LogP contribution in [-0.2, 0) is 0 Å². The first-order chi connectivity index (χ1) is 9.13. The number of nitrogens with zero attached hydrogens (tertiary/aromatic N) is 2. The summed E-state index contributed by atoms with van der Waals surface area (Å²) in [7, 11) is 0. The molecule has 0 aliphatic heterocycles. The van der Waals surface area contributed by atoms with Crippen molar-refractivity contribution in [3.8, 4) is 6.07 Å². The molecule has 1 aromatic carbocycles. The number of nitriles is 1. The Bertz CT molecular complexity index is 627. The minimum Gasteiger partial charge on any atom is -0.394 e. The van der Waals surface area contributed by atoms with E-state index < -0.39 is 5.54 Å². The molecule has 1 unspecified atom stereocenters. The Hall–Kier alpha value is -2.12. The molecule has 19 heavy (non-hydrogen) atoms. The SMILES string of the molecule is CCC(C)(CO)Nc1c(C#N)cnc2ccccc12. The first-order valence-corrected chi connectivity index (χ1v) is 6.30. The highest BCUT2D eigenvalue weighted by Crippen LogP contribution is 2.29. The lowest BCUT2D eigenvalue weighted by Gasteiger charge is -2.29. The molecule has 1 atom stereocenters. The summed E-state index contributed by atoms with van der Waals surface area (Å²) in [5.41, 5.74) is 1.62. The van der Waals surface area contributed by atoms with Gasteiger partial charge >= 0.3 is 0 Å². The van der Waals surface area contributed by atoms with E-state index in [-0.39, 0.29) is 6.61 Å². The number of hydrogen-bond acceptors (Lipinski definition) is 4. The standard InChI is InChI=1S/C15H17N3O/c1-3-15(2,10-19)18-14-11(8-16)9-17-13-7-5-4-6-12(13)14/h4-7,9,19H,3,10H2,1-2H3,(H,17,18). The van der Waals surface area contributed by atoms with Crippen molar-refractivity contribution in [3.05, 3.63) is 36.0 Å². The quantitative estimate of drug-likeness (QED) is 0.881. The van der Waals surface area contributed by atoms with Gasteiger partial charge in [0.15, 0.2) is 0 Å². The number of para-hydroxylation sites is 1. The second kappa shape index (κ2) is 5.25. The van der Waals surface area contributed by atoms with E-state index in [1.165, 1.54) is 0 Å². The molecule has 0 radical (unpaired) electrons. The number of aliphatic hydroxyl groups excluding tert-OH is 1. The van der Waals surface area contributed by atoms with Crippen molar-refractivity contribution in [2.24, 2.45) is 0 Å². The molecule has 0 aliphatic rings. The summed E-state index contributed by atoms with van der Waals surface area (Å²) in [6, 6.07) is 9.82. The van der Waals surface area contributed by atoms with Crippen LogP contribution in [0.2, 0.25) is 0 Å². The molecule has 98 valence electrons. The number of nitrogens with one attached hydrogen (secondary N) is 1. The second-order valence-electron chi connectivity index (χ2n) is 4.87. The Balaban J connectivity index is 2.60. The summed E-state index contributed by atoms with van der Waals surface area (Å²) >= 11 is 0. The molecule has 4 nitrogen and oxygen atoms in total. The maximum absolute atomic E-state index is 9.52. The Morgan fingerprint density at radius 2 is 2.16 bits per heavy atom. The molecule has 0 fully saturated rings. The van der Waals surface area contributed by atoms with E-state index in [2.05, 4.69) is 16.4 Å². The molecular weight excluding hydrogens is 238 g/mol. The Morgan fingerprint density at radius 1 is 1.42 bits per heavy atom. The average Bonchev–Trinajstić information content (AvgIpc) is 2.47. The van der Waals surface area contributed by atoms with Crippen LogP contribution in [0.3, 0.4) is 0 Å². The van der Waals surface area contributed by atoms with Crippen LogP contribution in [0.5, 0.6) is 0 Å². The fraction of sp³-hybridized carbons (Fsp3) is 0.333. The third-order valence-electron chi connectivity index (χ3n) is 3.45. The molecule has 1 heterocycles. The highest BCUT2D eigenvalue weighted by molar-refractivity contribution is 5.94. The smallest absolute Gasteiger partial charge is 0.103 e. The van der Waals surface area contributed by atoms with Gasteiger partial charge < -0.3 is 10.4 Å². The van der Waals surface area contributed by atoms with Gasteiger partial charge in [0.1, 0.15) is 6.07 Å². The number of aromatic nitrogens is 1. The summed E-state index contributed by atoms with van der Waals surface area (Å²) in [4.78, 5) is 4.27. The van der Waals surface area contributed by atoms with Crippen molar-refractivity contribution >= 4 is 16.6 Å². The summed E-state index contributed by atoms with van der Waals surface area (Å²) < 4.78 is 0.